The van der Waals surface area contributed by atoms with Crippen molar-refractivity contribution in [3.8, 4) is 11.3 Å². The van der Waals surface area contributed by atoms with Crippen LogP contribution < -0.4 is 5.73 Å². The van der Waals surface area contributed by atoms with Crippen LogP contribution >= 0.6 is 23.1 Å². The van der Waals surface area contributed by atoms with E-state index in [2.05, 4.69) is 36.2 Å². The van der Waals surface area contributed by atoms with E-state index in [0.717, 1.165) is 28.4 Å². The number of benzene rings is 1. The van der Waals surface area contributed by atoms with Gasteiger partial charge in [0, 0.05) is 24.0 Å². The number of hydrogen-bond donors (Lipinski definition) is 1. The molecule has 0 bridgehead atoms. The number of nitrogens with zero attached hydrogens (tertiary/aromatic N) is 2. The number of aromatic nitrogens is 1. The average Bonchev–Trinajstić information content (AvgIpc) is 3.10. The number of likely N-dealkylation sites (tertiary alicyclic amines) is 1. The van der Waals surface area contributed by atoms with Gasteiger partial charge in [-0.25, -0.2) is 4.98 Å². The second-order valence-corrected chi connectivity index (χ2v) is 9.10. The van der Waals surface area contributed by atoms with Crippen molar-refractivity contribution in [2.24, 2.45) is 11.7 Å². The number of carbonyl (C=O) groups excluding carboxylic acids is 2. The monoisotopic (exact) mass is 389 g/mol. The third-order valence-electron chi connectivity index (χ3n) is 4.59. The summed E-state index contributed by atoms with van der Waals surface area (Å²) in [7, 11) is 0. The fourth-order valence-corrected chi connectivity index (χ4v) is 5.09. The van der Waals surface area contributed by atoms with Gasteiger partial charge in [-0.05, 0) is 26.7 Å². The Morgan fingerprint density at radius 3 is 2.77 bits per heavy atom. The number of thioether (sulfide) groups is 1. The maximum Gasteiger partial charge on any atom is 0.235 e. The van der Waals surface area contributed by atoms with E-state index in [9.17, 15) is 9.59 Å². The summed E-state index contributed by atoms with van der Waals surface area (Å²) in [6, 6.07) is 8.26. The zero-order valence-electron chi connectivity index (χ0n) is 15.0. The Labute approximate surface area is 162 Å². The number of nitrogens with two attached hydrogens (primary N) is 1. The molecule has 2 amide bonds. The quantitative estimate of drug-likeness (QED) is 0.796. The van der Waals surface area contributed by atoms with Gasteiger partial charge in [0.05, 0.1) is 16.9 Å². The molecular formula is C19H23N3O2S2. The van der Waals surface area contributed by atoms with Crippen molar-refractivity contribution in [3.05, 3.63) is 35.2 Å². The first-order valence-corrected chi connectivity index (χ1v) is 10.5. The van der Waals surface area contributed by atoms with Crippen LogP contribution in [0.5, 0.6) is 0 Å². The van der Waals surface area contributed by atoms with Crippen LogP contribution in [0.4, 0.5) is 0 Å². The largest absolute Gasteiger partial charge is 0.369 e. The van der Waals surface area contributed by atoms with Crippen LogP contribution in [0.15, 0.2) is 34.0 Å². The Hall–Kier alpha value is -1.86. The van der Waals surface area contributed by atoms with Crippen LogP contribution in [0.25, 0.3) is 11.3 Å². The Bertz CT molecular complexity index is 788. The Kier molecular flexibility index (Phi) is 5.98. The Morgan fingerprint density at radius 1 is 1.35 bits per heavy atom. The van der Waals surface area contributed by atoms with E-state index in [1.54, 1.807) is 16.2 Å². The molecule has 1 aromatic carbocycles. The topological polar surface area (TPSA) is 76.3 Å². The fraction of sp³-hybridized carbons (Fsp3) is 0.421. The number of hydrogen-bond acceptors (Lipinski definition) is 5. The maximum absolute atomic E-state index is 12.7. The molecule has 2 unspecified atom stereocenters. The molecule has 5 nitrogen and oxygen atoms in total. The molecule has 1 aliphatic heterocycles. The normalized spacial score (nSPS) is 18.5. The van der Waals surface area contributed by atoms with Gasteiger partial charge in [-0.1, -0.05) is 41.6 Å². The third kappa shape index (κ3) is 4.45. The smallest absolute Gasteiger partial charge is 0.235 e. The summed E-state index contributed by atoms with van der Waals surface area (Å²) in [6.45, 7) is 5.09. The first-order chi connectivity index (χ1) is 12.4. The van der Waals surface area contributed by atoms with Gasteiger partial charge in [0.25, 0.3) is 0 Å². The molecule has 1 saturated heterocycles. The van der Waals surface area contributed by atoms with Crippen LogP contribution in [0.2, 0.25) is 0 Å². The average molecular weight is 390 g/mol. The summed E-state index contributed by atoms with van der Waals surface area (Å²) >= 11 is 3.03. The number of thiazole rings is 1. The standard InChI is InChI=1S/C19H23N3O2S2/c1-12-5-7-14(8-6-12)16-11-25-19(21-16)26-13(2)18(24)22-9-3-4-15(10-22)17(20)23/h5-8,11,13,15H,3-4,9-10H2,1-2H3,(H2,20,23). The Balaban J connectivity index is 1.62. The van der Waals surface area contributed by atoms with Crippen molar-refractivity contribution in [2.75, 3.05) is 13.1 Å². The van der Waals surface area contributed by atoms with Gasteiger partial charge in [-0.2, -0.15) is 0 Å². The van der Waals surface area contributed by atoms with E-state index < -0.39 is 0 Å². The minimum Gasteiger partial charge on any atom is -0.369 e. The van der Waals surface area contributed by atoms with Gasteiger partial charge in [0.15, 0.2) is 4.34 Å². The summed E-state index contributed by atoms with van der Waals surface area (Å²) in [5, 5.41) is 1.78. The van der Waals surface area contributed by atoms with Crippen molar-refractivity contribution in [1.29, 1.82) is 0 Å². The van der Waals surface area contributed by atoms with E-state index in [1.165, 1.54) is 17.3 Å². The molecule has 1 aromatic heterocycles. The summed E-state index contributed by atoms with van der Waals surface area (Å²) in [5.41, 5.74) is 8.64. The van der Waals surface area contributed by atoms with Gasteiger partial charge in [-0.3, -0.25) is 9.59 Å². The van der Waals surface area contributed by atoms with Crippen molar-refractivity contribution in [1.82, 2.24) is 9.88 Å². The predicted molar refractivity (Wildman–Crippen MR) is 106 cm³/mol. The molecule has 0 radical (unpaired) electrons. The van der Waals surface area contributed by atoms with Crippen LogP contribution in [0.3, 0.4) is 0 Å². The predicted octanol–water partition coefficient (Wildman–Crippen LogP) is 3.32. The van der Waals surface area contributed by atoms with E-state index in [1.807, 2.05) is 12.3 Å². The molecule has 2 heterocycles. The molecule has 2 N–H and O–H groups in total. The summed E-state index contributed by atoms with van der Waals surface area (Å²) in [5.74, 6) is -0.489. The van der Waals surface area contributed by atoms with Crippen molar-refractivity contribution in [3.63, 3.8) is 0 Å². The van der Waals surface area contributed by atoms with E-state index in [-0.39, 0.29) is 23.0 Å². The molecule has 2 atom stereocenters. The lowest BCUT2D eigenvalue weighted by Crippen LogP contribution is -2.46. The van der Waals surface area contributed by atoms with Gasteiger partial charge >= 0.3 is 0 Å². The molecular weight excluding hydrogens is 366 g/mol. The molecule has 2 aromatic rings. The molecule has 1 fully saturated rings. The van der Waals surface area contributed by atoms with Crippen molar-refractivity contribution >= 4 is 34.9 Å². The minimum absolute atomic E-state index is 0.0491. The van der Waals surface area contributed by atoms with Gasteiger partial charge in [0.1, 0.15) is 0 Å². The SMILES string of the molecule is Cc1ccc(-c2csc(SC(C)C(=O)N3CCCC(C(N)=O)C3)n2)cc1. The molecule has 1 aliphatic rings. The number of rotatable bonds is 5. The number of primary amides is 1. The second kappa shape index (κ2) is 8.22. The summed E-state index contributed by atoms with van der Waals surface area (Å²) in [6.07, 6.45) is 1.60. The number of aryl methyl sites for hydroxylation is 1. The van der Waals surface area contributed by atoms with Crippen LogP contribution in [-0.2, 0) is 9.59 Å². The van der Waals surface area contributed by atoms with E-state index >= 15 is 0 Å². The zero-order chi connectivity index (χ0) is 18.7. The highest BCUT2D eigenvalue weighted by atomic mass is 32.2. The van der Waals surface area contributed by atoms with Crippen molar-refractivity contribution < 1.29 is 9.59 Å². The molecule has 0 spiro atoms. The lowest BCUT2D eigenvalue weighted by molar-refractivity contribution is -0.134. The number of amides is 2. The molecule has 7 heteroatoms. The van der Waals surface area contributed by atoms with E-state index in [4.69, 9.17) is 5.73 Å². The highest BCUT2D eigenvalue weighted by Gasteiger charge is 2.30. The molecule has 138 valence electrons. The molecule has 0 saturated carbocycles. The van der Waals surface area contributed by atoms with E-state index in [0.29, 0.717) is 13.1 Å². The fourth-order valence-electron chi connectivity index (χ4n) is 3.04. The maximum atomic E-state index is 12.7. The van der Waals surface area contributed by atoms with Gasteiger partial charge < -0.3 is 10.6 Å². The molecule has 0 aliphatic carbocycles. The zero-order valence-corrected chi connectivity index (χ0v) is 16.6. The van der Waals surface area contributed by atoms with Crippen LogP contribution in [0.1, 0.15) is 25.3 Å². The number of carbonyl (C=O) groups is 2. The Morgan fingerprint density at radius 2 is 2.08 bits per heavy atom. The second-order valence-electron chi connectivity index (χ2n) is 6.65. The molecule has 26 heavy (non-hydrogen) atoms. The highest BCUT2D eigenvalue weighted by molar-refractivity contribution is 8.02. The van der Waals surface area contributed by atoms with Gasteiger partial charge in [-0.15, -0.1) is 11.3 Å². The third-order valence-corrected chi connectivity index (χ3v) is 6.65. The first kappa shape index (κ1) is 18.9. The van der Waals surface area contributed by atoms with Crippen molar-refractivity contribution in [2.45, 2.75) is 36.3 Å². The summed E-state index contributed by atoms with van der Waals surface area (Å²) in [4.78, 5) is 30.6. The molecule has 3 rings (SSSR count). The van der Waals surface area contributed by atoms with Crippen LogP contribution in [0, 0.1) is 12.8 Å². The highest BCUT2D eigenvalue weighted by Crippen LogP contribution is 2.32. The lowest BCUT2D eigenvalue weighted by Gasteiger charge is -2.32. The minimum atomic E-state index is -0.314. The van der Waals surface area contributed by atoms with Gasteiger partial charge in [0.2, 0.25) is 11.8 Å². The first-order valence-electron chi connectivity index (χ1n) is 8.71. The number of piperidine rings is 1. The summed E-state index contributed by atoms with van der Waals surface area (Å²) < 4.78 is 0.880. The lowest BCUT2D eigenvalue weighted by atomic mass is 9.97. The van der Waals surface area contributed by atoms with Crippen LogP contribution in [-0.4, -0.2) is 40.0 Å².